The summed E-state index contributed by atoms with van der Waals surface area (Å²) in [6.45, 7) is 1.30. The summed E-state index contributed by atoms with van der Waals surface area (Å²) in [4.78, 5) is 70.3. The molecule has 18 nitrogen and oxygen atoms in total. The van der Waals surface area contributed by atoms with Gasteiger partial charge in [-0.25, -0.2) is 17.9 Å². The van der Waals surface area contributed by atoms with Gasteiger partial charge in [-0.3, -0.25) is 19.2 Å². The molecule has 19 heteroatoms. The highest BCUT2D eigenvalue weighted by Gasteiger charge is 2.61. The van der Waals surface area contributed by atoms with Gasteiger partial charge >= 0.3 is 6.09 Å². The van der Waals surface area contributed by atoms with Crippen LogP contribution in [0.15, 0.2) is 65.6 Å². The number of nitrogens with zero attached hydrogens (tertiary/aromatic N) is 5. The van der Waals surface area contributed by atoms with Crippen molar-refractivity contribution in [2.45, 2.75) is 112 Å². The molecule has 4 aliphatic rings. The molecule has 1 saturated heterocycles. The van der Waals surface area contributed by atoms with Crippen molar-refractivity contribution in [1.82, 2.24) is 40.5 Å². The highest BCUT2D eigenvalue weighted by molar-refractivity contribution is 7.90. The number of carbonyl (C=O) groups excluding carboxylic acids is 5. The largest absolute Gasteiger partial charge is 0.497 e. The highest BCUT2D eigenvalue weighted by atomic mass is 32.2. The normalized spacial score (nSPS) is 25.6. The molecule has 2 aliphatic heterocycles. The van der Waals surface area contributed by atoms with Crippen LogP contribution in [-0.2, 0) is 33.9 Å². The van der Waals surface area contributed by atoms with Gasteiger partial charge in [-0.2, -0.15) is 4.80 Å². The summed E-state index contributed by atoms with van der Waals surface area (Å²) in [7, 11) is -2.85. The molecule has 2 saturated carbocycles. The lowest BCUT2D eigenvalue weighted by molar-refractivity contribution is -0.141. The molecule has 0 spiro atoms. The summed E-state index contributed by atoms with van der Waals surface area (Å²) in [5, 5.41) is 21.3. The van der Waals surface area contributed by atoms with Gasteiger partial charge in [-0.15, -0.1) is 10.2 Å². The standard InChI is InChI=1S/C40H49N9O9S/c1-25(50)41-28-16-20-32(21-17-28)59(55,56)46-38(53)40-23-27(40)10-6-4-3-5-7-13-33(42-39(54)58-31-11-8-9-12-31)37(52)48-24-29(22-34(48)36(51)43-40)49-45-35(44-47-49)26-14-18-30(57-2)19-15-26/h6,10,14-21,27,29,31,33-34H,3-5,7-9,11-13,22-24H2,1-2H3,(H,41,50)(H,42,54)(H,43,51)(H,46,53)/b10-6-/t27-,29-,33-,34+,40+/m1/s1. The van der Waals surface area contributed by atoms with Crippen LogP contribution in [0.3, 0.4) is 0 Å². The Morgan fingerprint density at radius 2 is 1.68 bits per heavy atom. The zero-order valence-electron chi connectivity index (χ0n) is 33.0. The summed E-state index contributed by atoms with van der Waals surface area (Å²) >= 11 is 0. The molecule has 314 valence electrons. The molecule has 7 rings (SSSR count). The van der Waals surface area contributed by atoms with E-state index in [1.807, 2.05) is 12.2 Å². The molecule has 2 aromatic carbocycles. The number of hydrogen-bond donors (Lipinski definition) is 4. The number of alkyl carbamates (subject to hydrolysis) is 1. The van der Waals surface area contributed by atoms with Gasteiger partial charge in [-0.05, 0) is 105 Å². The molecule has 0 bridgehead atoms. The Balaban J connectivity index is 1.16. The molecule has 1 aromatic heterocycles. The first-order valence-electron chi connectivity index (χ1n) is 20.0. The lowest BCUT2D eigenvalue weighted by atomic mass is 10.0. The number of amides is 5. The summed E-state index contributed by atoms with van der Waals surface area (Å²) < 4.78 is 40.0. The van der Waals surface area contributed by atoms with Gasteiger partial charge in [0.05, 0.1) is 18.0 Å². The van der Waals surface area contributed by atoms with E-state index in [-0.39, 0.29) is 36.3 Å². The third-order valence-corrected chi connectivity index (χ3v) is 12.7. The topological polar surface area (TPSA) is 233 Å². The van der Waals surface area contributed by atoms with E-state index in [4.69, 9.17) is 9.47 Å². The summed E-state index contributed by atoms with van der Waals surface area (Å²) in [6, 6.07) is 9.60. The molecule has 0 radical (unpaired) electrons. The number of nitrogens with one attached hydrogen (secondary N) is 4. The monoisotopic (exact) mass is 831 g/mol. The predicted octanol–water partition coefficient (Wildman–Crippen LogP) is 3.39. The first-order chi connectivity index (χ1) is 28.3. The SMILES string of the molecule is COc1ccc(-c2nnn([C@@H]3C[C@H]4C(=O)N[C@@]5(C(=O)NS(=O)(=O)c6ccc(NC(C)=O)cc6)C[C@H]5/C=C\CCCCC[C@@H](NC(=O)OC5CCCC5)C(=O)N4C3)n2)cc1. The van der Waals surface area contributed by atoms with E-state index in [9.17, 15) is 32.4 Å². The Morgan fingerprint density at radius 3 is 2.39 bits per heavy atom. The van der Waals surface area contributed by atoms with Crippen LogP contribution < -0.4 is 25.4 Å². The number of aromatic nitrogens is 4. The average Bonchev–Trinajstić information content (AvgIpc) is 3.68. The van der Waals surface area contributed by atoms with Gasteiger partial charge in [0.25, 0.3) is 15.9 Å². The van der Waals surface area contributed by atoms with Crippen molar-refractivity contribution in [2.75, 3.05) is 19.0 Å². The van der Waals surface area contributed by atoms with Crippen LogP contribution >= 0.6 is 0 Å². The maximum absolute atomic E-state index is 14.6. The number of sulfonamides is 1. The third-order valence-electron chi connectivity index (χ3n) is 11.3. The zero-order chi connectivity index (χ0) is 41.7. The van der Waals surface area contributed by atoms with E-state index in [0.29, 0.717) is 42.1 Å². The van der Waals surface area contributed by atoms with Gasteiger partial charge in [0.15, 0.2) is 0 Å². The second kappa shape index (κ2) is 17.6. The number of allylic oxidation sites excluding steroid dienone is 1. The Kier molecular flexibility index (Phi) is 12.3. The Bertz CT molecular complexity index is 2190. The number of methoxy groups -OCH3 is 1. The zero-order valence-corrected chi connectivity index (χ0v) is 33.8. The van der Waals surface area contributed by atoms with Crippen molar-refractivity contribution in [3.63, 3.8) is 0 Å². The molecule has 3 heterocycles. The van der Waals surface area contributed by atoms with Crippen LogP contribution in [0.1, 0.15) is 83.6 Å². The maximum atomic E-state index is 14.6. The number of hydrogen-bond acceptors (Lipinski definition) is 12. The van der Waals surface area contributed by atoms with Crippen molar-refractivity contribution in [3.8, 4) is 17.1 Å². The van der Waals surface area contributed by atoms with Crippen molar-refractivity contribution >= 4 is 45.4 Å². The lowest BCUT2D eigenvalue weighted by Gasteiger charge is -2.30. The van der Waals surface area contributed by atoms with E-state index in [2.05, 4.69) is 36.1 Å². The molecule has 3 aromatic rings. The minimum Gasteiger partial charge on any atom is -0.497 e. The van der Waals surface area contributed by atoms with Gasteiger partial charge in [0, 0.05) is 37.1 Å². The lowest BCUT2D eigenvalue weighted by Crippen LogP contribution is -2.58. The molecule has 5 atom stereocenters. The molecular formula is C40H49N9O9S. The predicted molar refractivity (Wildman–Crippen MR) is 212 cm³/mol. The first-order valence-corrected chi connectivity index (χ1v) is 21.5. The van der Waals surface area contributed by atoms with Crippen molar-refractivity contribution in [2.24, 2.45) is 5.92 Å². The Labute approximate surface area is 341 Å². The molecule has 3 fully saturated rings. The fraction of sp³-hybridized carbons (Fsp3) is 0.500. The van der Waals surface area contributed by atoms with Crippen molar-refractivity contribution in [3.05, 3.63) is 60.7 Å². The molecule has 5 amide bonds. The minimum atomic E-state index is -4.41. The molecule has 2 aliphatic carbocycles. The summed E-state index contributed by atoms with van der Waals surface area (Å²) in [5.74, 6) is -2.01. The first kappa shape index (κ1) is 41.3. The second-order valence-corrected chi connectivity index (χ2v) is 17.2. The van der Waals surface area contributed by atoms with Crippen LogP contribution in [0.4, 0.5) is 10.5 Å². The van der Waals surface area contributed by atoms with E-state index >= 15 is 0 Å². The third kappa shape index (κ3) is 9.56. The maximum Gasteiger partial charge on any atom is 0.408 e. The van der Waals surface area contributed by atoms with Gasteiger partial charge in [0.1, 0.15) is 29.5 Å². The molecule has 59 heavy (non-hydrogen) atoms. The van der Waals surface area contributed by atoms with E-state index in [0.717, 1.165) is 38.5 Å². The fourth-order valence-electron chi connectivity index (χ4n) is 8.03. The molecule has 0 unspecified atom stereocenters. The van der Waals surface area contributed by atoms with Crippen LogP contribution in [-0.4, -0.2) is 101 Å². The Morgan fingerprint density at radius 1 is 0.949 bits per heavy atom. The van der Waals surface area contributed by atoms with E-state index in [1.165, 1.54) is 40.9 Å². The average molecular weight is 832 g/mol. The number of rotatable bonds is 9. The molecular weight excluding hydrogens is 783 g/mol. The second-order valence-electron chi connectivity index (χ2n) is 15.5. The van der Waals surface area contributed by atoms with Gasteiger partial charge in [0.2, 0.25) is 23.5 Å². The highest BCUT2D eigenvalue weighted by Crippen LogP contribution is 2.46. The van der Waals surface area contributed by atoms with Crippen LogP contribution in [0.2, 0.25) is 0 Å². The number of benzene rings is 2. The van der Waals surface area contributed by atoms with Crippen LogP contribution in [0.25, 0.3) is 11.4 Å². The van der Waals surface area contributed by atoms with Gasteiger partial charge in [-0.1, -0.05) is 25.0 Å². The quantitative estimate of drug-likeness (QED) is 0.227. The summed E-state index contributed by atoms with van der Waals surface area (Å²) in [6.07, 6.45) is 9.43. The Hall–Kier alpha value is -5.85. The number of carbonyl (C=O) groups is 5. The fourth-order valence-corrected chi connectivity index (χ4v) is 9.06. The van der Waals surface area contributed by atoms with E-state index in [1.54, 1.807) is 31.4 Å². The molecule has 4 N–H and O–H groups in total. The van der Waals surface area contributed by atoms with Crippen molar-refractivity contribution in [1.29, 1.82) is 0 Å². The van der Waals surface area contributed by atoms with Crippen LogP contribution in [0.5, 0.6) is 5.75 Å². The van der Waals surface area contributed by atoms with Gasteiger partial charge < -0.3 is 30.3 Å². The van der Waals surface area contributed by atoms with E-state index < -0.39 is 63.4 Å². The number of tetrazole rings is 1. The minimum absolute atomic E-state index is 0.0173. The number of anilines is 1. The summed E-state index contributed by atoms with van der Waals surface area (Å²) in [5.41, 5.74) is -0.597. The van der Waals surface area contributed by atoms with Crippen LogP contribution in [0, 0.1) is 5.92 Å². The number of ether oxygens (including phenoxy) is 2. The number of fused-ring (bicyclic) bond motifs is 2. The van der Waals surface area contributed by atoms with Crippen molar-refractivity contribution < 1.29 is 41.9 Å². The smallest absolute Gasteiger partial charge is 0.408 e.